The topological polar surface area (TPSA) is 71.5 Å². The number of thiazole rings is 1. The lowest BCUT2D eigenvalue weighted by molar-refractivity contribution is -0.128. The number of aryl methyl sites for hydroxylation is 1. The van der Waals surface area contributed by atoms with Gasteiger partial charge < -0.3 is 15.0 Å². The molecule has 126 valence electrons. The zero-order valence-corrected chi connectivity index (χ0v) is 14.4. The van der Waals surface area contributed by atoms with Crippen molar-refractivity contribution in [1.82, 2.24) is 9.88 Å². The lowest BCUT2D eigenvalue weighted by Crippen LogP contribution is -2.28. The smallest absolute Gasteiger partial charge is 0.231 e. The van der Waals surface area contributed by atoms with Crippen molar-refractivity contribution in [2.75, 3.05) is 19.0 Å². The van der Waals surface area contributed by atoms with Crippen LogP contribution in [0, 0.1) is 12.8 Å². The van der Waals surface area contributed by atoms with Gasteiger partial charge >= 0.3 is 0 Å². The van der Waals surface area contributed by atoms with E-state index in [-0.39, 0.29) is 24.2 Å². The summed E-state index contributed by atoms with van der Waals surface area (Å²) in [5.41, 5.74) is 1.81. The predicted octanol–water partition coefficient (Wildman–Crippen LogP) is 2.45. The molecule has 0 aliphatic carbocycles. The van der Waals surface area contributed by atoms with E-state index in [9.17, 15) is 9.59 Å². The Labute approximate surface area is 144 Å². The summed E-state index contributed by atoms with van der Waals surface area (Å²) in [6.07, 6.45) is 0.228. The molecule has 2 heterocycles. The van der Waals surface area contributed by atoms with Gasteiger partial charge in [-0.05, 0) is 13.0 Å². The first-order valence-corrected chi connectivity index (χ1v) is 8.57. The van der Waals surface area contributed by atoms with Gasteiger partial charge in [-0.15, -0.1) is 11.3 Å². The van der Waals surface area contributed by atoms with Crippen molar-refractivity contribution in [3.63, 3.8) is 0 Å². The molecule has 0 saturated carbocycles. The summed E-state index contributed by atoms with van der Waals surface area (Å²) < 4.78 is 5.32. The molecule has 1 fully saturated rings. The molecule has 1 atom stereocenters. The fourth-order valence-electron chi connectivity index (χ4n) is 2.76. The number of carbonyl (C=O) groups excluding carboxylic acids is 2. The lowest BCUT2D eigenvalue weighted by atomic mass is 10.1. The van der Waals surface area contributed by atoms with Crippen molar-refractivity contribution in [3.05, 3.63) is 40.9 Å². The number of anilines is 1. The number of aromatic nitrogens is 1. The number of carbonyl (C=O) groups is 2. The highest BCUT2D eigenvalue weighted by atomic mass is 32.1. The summed E-state index contributed by atoms with van der Waals surface area (Å²) in [4.78, 5) is 30.5. The molecular formula is C17H19N3O3S. The monoisotopic (exact) mass is 345 g/mol. The molecule has 3 rings (SSSR count). The lowest BCUT2D eigenvalue weighted by Gasteiger charge is -2.18. The van der Waals surface area contributed by atoms with Crippen molar-refractivity contribution in [2.45, 2.75) is 19.9 Å². The van der Waals surface area contributed by atoms with Crippen LogP contribution in [0.25, 0.3) is 0 Å². The quantitative estimate of drug-likeness (QED) is 0.903. The average Bonchev–Trinajstić information content (AvgIpc) is 3.14. The standard InChI is InChI=1S/C17H19N3O3S/c1-11-10-24-17(18-11)19-16(22)13-7-15(21)20(9-13)8-12-5-3-4-6-14(12)23-2/h3-6,10,13H,7-9H2,1-2H3,(H,18,19,22)/t13-/m1/s1. The Bertz CT molecular complexity index is 759. The molecule has 0 bridgehead atoms. The van der Waals surface area contributed by atoms with Crippen molar-refractivity contribution in [1.29, 1.82) is 0 Å². The third-order valence-electron chi connectivity index (χ3n) is 3.99. The molecular weight excluding hydrogens is 326 g/mol. The summed E-state index contributed by atoms with van der Waals surface area (Å²) in [6, 6.07) is 7.59. The van der Waals surface area contributed by atoms with Crippen LogP contribution in [0.15, 0.2) is 29.6 Å². The van der Waals surface area contributed by atoms with Crippen LogP contribution in [0.5, 0.6) is 5.75 Å². The van der Waals surface area contributed by atoms with Crippen molar-refractivity contribution < 1.29 is 14.3 Å². The number of rotatable bonds is 5. The molecule has 0 unspecified atom stereocenters. The molecule has 7 heteroatoms. The van der Waals surface area contributed by atoms with Crippen molar-refractivity contribution >= 4 is 28.3 Å². The molecule has 2 amide bonds. The van der Waals surface area contributed by atoms with Crippen LogP contribution >= 0.6 is 11.3 Å². The van der Waals surface area contributed by atoms with E-state index in [1.165, 1.54) is 11.3 Å². The van der Waals surface area contributed by atoms with Gasteiger partial charge in [0.15, 0.2) is 5.13 Å². The summed E-state index contributed by atoms with van der Waals surface area (Å²) in [7, 11) is 1.61. The molecule has 1 aromatic heterocycles. The molecule has 2 aromatic rings. The second-order valence-corrected chi connectivity index (χ2v) is 6.63. The van der Waals surface area contributed by atoms with E-state index in [1.807, 2.05) is 36.6 Å². The average molecular weight is 345 g/mol. The number of nitrogens with zero attached hydrogens (tertiary/aromatic N) is 2. The van der Waals surface area contributed by atoms with Crippen LogP contribution in [-0.2, 0) is 16.1 Å². The Balaban J connectivity index is 1.64. The Morgan fingerprint density at radius 1 is 1.46 bits per heavy atom. The molecule has 1 N–H and O–H groups in total. The van der Waals surface area contributed by atoms with Crippen LogP contribution in [0.4, 0.5) is 5.13 Å². The first kappa shape index (κ1) is 16.4. The molecule has 0 spiro atoms. The molecule has 1 aromatic carbocycles. The minimum Gasteiger partial charge on any atom is -0.496 e. The highest BCUT2D eigenvalue weighted by Gasteiger charge is 2.34. The van der Waals surface area contributed by atoms with Gasteiger partial charge in [-0.3, -0.25) is 9.59 Å². The molecule has 1 aliphatic heterocycles. The SMILES string of the molecule is COc1ccccc1CN1C[C@H](C(=O)Nc2nc(C)cs2)CC1=O. The van der Waals surface area contributed by atoms with Gasteiger partial charge in [0.05, 0.1) is 18.7 Å². The predicted molar refractivity (Wildman–Crippen MR) is 92.0 cm³/mol. The van der Waals surface area contributed by atoms with Gasteiger partial charge in [-0.2, -0.15) is 0 Å². The summed E-state index contributed by atoms with van der Waals surface area (Å²) >= 11 is 1.39. The zero-order chi connectivity index (χ0) is 17.1. The maximum absolute atomic E-state index is 12.3. The number of para-hydroxylation sites is 1. The minimum atomic E-state index is -0.351. The van der Waals surface area contributed by atoms with Crippen molar-refractivity contribution in [3.8, 4) is 5.75 Å². The van der Waals surface area contributed by atoms with E-state index in [4.69, 9.17) is 4.74 Å². The maximum atomic E-state index is 12.3. The zero-order valence-electron chi connectivity index (χ0n) is 13.6. The van der Waals surface area contributed by atoms with Gasteiger partial charge in [0, 0.05) is 30.5 Å². The van der Waals surface area contributed by atoms with E-state index >= 15 is 0 Å². The first-order valence-electron chi connectivity index (χ1n) is 7.69. The minimum absolute atomic E-state index is 0.0172. The second kappa shape index (κ2) is 7.00. The van der Waals surface area contributed by atoms with Crippen LogP contribution in [0.1, 0.15) is 17.7 Å². The van der Waals surface area contributed by atoms with E-state index in [0.29, 0.717) is 18.2 Å². The number of likely N-dealkylation sites (tertiary alicyclic amines) is 1. The number of methoxy groups -OCH3 is 1. The van der Waals surface area contributed by atoms with Crippen LogP contribution in [0.3, 0.4) is 0 Å². The van der Waals surface area contributed by atoms with Crippen LogP contribution < -0.4 is 10.1 Å². The number of hydrogen-bond donors (Lipinski definition) is 1. The van der Waals surface area contributed by atoms with E-state index in [1.54, 1.807) is 12.0 Å². The number of hydrogen-bond acceptors (Lipinski definition) is 5. The molecule has 6 nitrogen and oxygen atoms in total. The molecule has 0 radical (unpaired) electrons. The van der Waals surface area contributed by atoms with E-state index < -0.39 is 0 Å². The van der Waals surface area contributed by atoms with E-state index in [0.717, 1.165) is 17.0 Å². The Morgan fingerprint density at radius 3 is 2.96 bits per heavy atom. The van der Waals surface area contributed by atoms with Gasteiger partial charge in [0.1, 0.15) is 5.75 Å². The maximum Gasteiger partial charge on any atom is 0.231 e. The number of benzene rings is 1. The van der Waals surface area contributed by atoms with Gasteiger partial charge in [0.2, 0.25) is 11.8 Å². The van der Waals surface area contributed by atoms with Gasteiger partial charge in [-0.25, -0.2) is 4.98 Å². The Hall–Kier alpha value is -2.41. The molecule has 1 saturated heterocycles. The fraction of sp³-hybridized carbons (Fsp3) is 0.353. The largest absolute Gasteiger partial charge is 0.496 e. The van der Waals surface area contributed by atoms with Gasteiger partial charge in [-0.1, -0.05) is 18.2 Å². The van der Waals surface area contributed by atoms with Crippen LogP contribution in [-0.4, -0.2) is 35.4 Å². The van der Waals surface area contributed by atoms with Gasteiger partial charge in [0.25, 0.3) is 0 Å². The highest BCUT2D eigenvalue weighted by Crippen LogP contribution is 2.26. The third-order valence-corrected chi connectivity index (χ3v) is 4.86. The number of nitrogens with one attached hydrogen (secondary N) is 1. The number of amides is 2. The van der Waals surface area contributed by atoms with Crippen molar-refractivity contribution in [2.24, 2.45) is 5.92 Å². The fourth-order valence-corrected chi connectivity index (χ4v) is 3.45. The number of ether oxygens (including phenoxy) is 1. The first-order chi connectivity index (χ1) is 11.6. The summed E-state index contributed by atoms with van der Waals surface area (Å²) in [5, 5.41) is 5.25. The summed E-state index contributed by atoms with van der Waals surface area (Å²) in [6.45, 7) is 2.73. The van der Waals surface area contributed by atoms with Crippen LogP contribution in [0.2, 0.25) is 0 Å². The molecule has 1 aliphatic rings. The Kier molecular flexibility index (Phi) is 4.80. The third kappa shape index (κ3) is 3.56. The molecule has 24 heavy (non-hydrogen) atoms. The Morgan fingerprint density at radius 2 is 2.25 bits per heavy atom. The second-order valence-electron chi connectivity index (χ2n) is 5.77. The van der Waals surface area contributed by atoms with E-state index in [2.05, 4.69) is 10.3 Å². The highest BCUT2D eigenvalue weighted by molar-refractivity contribution is 7.13. The summed E-state index contributed by atoms with van der Waals surface area (Å²) in [5.74, 6) is 0.226. The normalized spacial score (nSPS) is 17.2.